The van der Waals surface area contributed by atoms with Crippen LogP contribution >= 0.6 is 11.6 Å². The molecule has 0 fully saturated rings. The predicted octanol–water partition coefficient (Wildman–Crippen LogP) is 3.01. The van der Waals surface area contributed by atoms with Crippen LogP contribution in [0.5, 0.6) is 0 Å². The minimum absolute atomic E-state index is 0.626. The van der Waals surface area contributed by atoms with Crippen molar-refractivity contribution in [3.05, 3.63) is 51.8 Å². The first-order chi connectivity index (χ1) is 8.11. The summed E-state index contributed by atoms with van der Waals surface area (Å²) in [4.78, 5) is 10.9. The fourth-order valence-electron chi connectivity index (χ4n) is 1.84. The molecule has 4 heteroatoms. The summed E-state index contributed by atoms with van der Waals surface area (Å²) >= 11 is 5.93. The van der Waals surface area contributed by atoms with Crippen molar-refractivity contribution >= 4 is 17.9 Å². The maximum atomic E-state index is 10.9. The van der Waals surface area contributed by atoms with Gasteiger partial charge in [-0.2, -0.15) is 5.10 Å². The number of carbonyl (C=O) groups excluding carboxylic acids is 1. The third-order valence-corrected chi connectivity index (χ3v) is 3.01. The lowest BCUT2D eigenvalue weighted by atomic mass is 10.2. The van der Waals surface area contributed by atoms with Gasteiger partial charge in [0.15, 0.2) is 6.29 Å². The van der Waals surface area contributed by atoms with Gasteiger partial charge in [-0.05, 0) is 31.5 Å². The highest BCUT2D eigenvalue weighted by atomic mass is 35.5. The van der Waals surface area contributed by atoms with Crippen molar-refractivity contribution in [1.29, 1.82) is 0 Å². The van der Waals surface area contributed by atoms with Crippen LogP contribution in [0.15, 0.2) is 24.3 Å². The Kier molecular flexibility index (Phi) is 3.29. The normalized spacial score (nSPS) is 10.5. The maximum absolute atomic E-state index is 10.9. The Morgan fingerprint density at radius 2 is 2.18 bits per heavy atom. The number of aromatic nitrogens is 2. The highest BCUT2D eigenvalue weighted by Gasteiger charge is 2.10. The monoisotopic (exact) mass is 248 g/mol. The summed E-state index contributed by atoms with van der Waals surface area (Å²) in [7, 11) is 0. The number of halogens is 1. The van der Waals surface area contributed by atoms with Crippen LogP contribution in [0.25, 0.3) is 0 Å². The molecule has 1 heterocycles. The largest absolute Gasteiger partial charge is 0.298 e. The smallest absolute Gasteiger partial charge is 0.153 e. The van der Waals surface area contributed by atoms with Crippen molar-refractivity contribution in [2.75, 3.05) is 0 Å². The summed E-state index contributed by atoms with van der Waals surface area (Å²) in [6.45, 7) is 4.36. The zero-order valence-corrected chi connectivity index (χ0v) is 10.5. The number of hydrogen-bond donors (Lipinski definition) is 0. The van der Waals surface area contributed by atoms with E-state index < -0.39 is 0 Å². The van der Waals surface area contributed by atoms with E-state index >= 15 is 0 Å². The van der Waals surface area contributed by atoms with Gasteiger partial charge in [-0.3, -0.25) is 9.48 Å². The van der Waals surface area contributed by atoms with Crippen LogP contribution in [0.4, 0.5) is 0 Å². The number of aryl methyl sites for hydroxylation is 1. The zero-order valence-electron chi connectivity index (χ0n) is 9.77. The van der Waals surface area contributed by atoms with Crippen LogP contribution in [0.1, 0.15) is 27.3 Å². The van der Waals surface area contributed by atoms with Crippen LogP contribution in [0.2, 0.25) is 5.02 Å². The molecule has 0 saturated carbocycles. The van der Waals surface area contributed by atoms with Gasteiger partial charge in [0, 0.05) is 10.7 Å². The first-order valence-electron chi connectivity index (χ1n) is 5.35. The lowest BCUT2D eigenvalue weighted by molar-refractivity contribution is 0.112. The Labute approximate surface area is 105 Å². The molecule has 1 aromatic carbocycles. The Morgan fingerprint density at radius 1 is 1.41 bits per heavy atom. The summed E-state index contributed by atoms with van der Waals surface area (Å²) in [5, 5.41) is 5.06. The van der Waals surface area contributed by atoms with Gasteiger partial charge in [-0.15, -0.1) is 0 Å². The van der Waals surface area contributed by atoms with Gasteiger partial charge in [0.1, 0.15) is 0 Å². The third kappa shape index (κ3) is 2.39. The molecule has 0 bridgehead atoms. The number of aldehydes is 1. The summed E-state index contributed by atoms with van der Waals surface area (Å²) in [6.07, 6.45) is 0.853. The van der Waals surface area contributed by atoms with E-state index in [2.05, 4.69) is 5.10 Å². The molecular formula is C13H13ClN2O. The SMILES string of the molecule is Cc1nn(Cc2cccc(Cl)c2)c(C)c1C=O. The number of rotatable bonds is 3. The summed E-state index contributed by atoms with van der Waals surface area (Å²) in [6, 6.07) is 7.63. The Hall–Kier alpha value is -1.61. The van der Waals surface area contributed by atoms with Gasteiger partial charge in [0.25, 0.3) is 0 Å². The first kappa shape index (κ1) is 11.9. The standard InChI is InChI=1S/C13H13ClN2O/c1-9-13(8-17)10(2)16(15-9)7-11-4-3-5-12(14)6-11/h3-6,8H,7H2,1-2H3. The van der Waals surface area contributed by atoms with Gasteiger partial charge in [-0.1, -0.05) is 23.7 Å². The molecule has 0 radical (unpaired) electrons. The molecule has 0 saturated heterocycles. The van der Waals surface area contributed by atoms with Crippen LogP contribution in [-0.4, -0.2) is 16.1 Å². The average molecular weight is 249 g/mol. The lowest BCUT2D eigenvalue weighted by Gasteiger charge is -2.05. The van der Waals surface area contributed by atoms with Crippen molar-refractivity contribution in [1.82, 2.24) is 9.78 Å². The molecule has 0 aliphatic rings. The molecule has 0 N–H and O–H groups in total. The van der Waals surface area contributed by atoms with Crippen molar-refractivity contribution in [2.24, 2.45) is 0 Å². The van der Waals surface area contributed by atoms with E-state index in [9.17, 15) is 4.79 Å². The van der Waals surface area contributed by atoms with E-state index in [1.807, 2.05) is 42.8 Å². The summed E-state index contributed by atoms with van der Waals surface area (Å²) in [5.41, 5.74) is 3.39. The number of carbonyl (C=O) groups is 1. The van der Waals surface area contributed by atoms with Crippen molar-refractivity contribution < 1.29 is 4.79 Å². The van der Waals surface area contributed by atoms with E-state index in [-0.39, 0.29) is 0 Å². The number of nitrogens with zero attached hydrogens (tertiary/aromatic N) is 2. The van der Waals surface area contributed by atoms with Gasteiger partial charge in [0.2, 0.25) is 0 Å². The molecule has 88 valence electrons. The molecule has 3 nitrogen and oxygen atoms in total. The third-order valence-electron chi connectivity index (χ3n) is 2.78. The predicted molar refractivity (Wildman–Crippen MR) is 67.6 cm³/mol. The molecule has 17 heavy (non-hydrogen) atoms. The average Bonchev–Trinajstić information content (AvgIpc) is 2.54. The summed E-state index contributed by atoms with van der Waals surface area (Å²) in [5.74, 6) is 0. The van der Waals surface area contributed by atoms with E-state index in [0.29, 0.717) is 17.1 Å². The Bertz CT molecular complexity index is 561. The van der Waals surface area contributed by atoms with Gasteiger partial charge < -0.3 is 0 Å². The zero-order chi connectivity index (χ0) is 12.4. The van der Waals surface area contributed by atoms with E-state index in [4.69, 9.17) is 11.6 Å². The summed E-state index contributed by atoms with van der Waals surface area (Å²) < 4.78 is 1.82. The second-order valence-electron chi connectivity index (χ2n) is 3.99. The molecule has 2 rings (SSSR count). The highest BCUT2D eigenvalue weighted by Crippen LogP contribution is 2.15. The van der Waals surface area contributed by atoms with Crippen LogP contribution in [0.3, 0.4) is 0 Å². The number of hydrogen-bond acceptors (Lipinski definition) is 2. The Morgan fingerprint density at radius 3 is 2.76 bits per heavy atom. The van der Waals surface area contributed by atoms with E-state index in [1.54, 1.807) is 0 Å². The molecular weight excluding hydrogens is 236 g/mol. The molecule has 0 aliphatic heterocycles. The fraction of sp³-hybridized carbons (Fsp3) is 0.231. The Balaban J connectivity index is 2.33. The van der Waals surface area contributed by atoms with Crippen molar-refractivity contribution in [2.45, 2.75) is 20.4 Å². The highest BCUT2D eigenvalue weighted by molar-refractivity contribution is 6.30. The molecule has 2 aromatic rings. The molecule has 1 aromatic heterocycles. The number of benzene rings is 1. The molecule has 0 amide bonds. The molecule has 0 unspecified atom stereocenters. The quantitative estimate of drug-likeness (QED) is 0.783. The molecule has 0 aliphatic carbocycles. The topological polar surface area (TPSA) is 34.9 Å². The minimum atomic E-state index is 0.626. The maximum Gasteiger partial charge on any atom is 0.153 e. The van der Waals surface area contributed by atoms with Crippen molar-refractivity contribution in [3.8, 4) is 0 Å². The van der Waals surface area contributed by atoms with Gasteiger partial charge in [0.05, 0.1) is 17.8 Å². The van der Waals surface area contributed by atoms with E-state index in [0.717, 1.165) is 23.2 Å². The first-order valence-corrected chi connectivity index (χ1v) is 5.73. The lowest BCUT2D eigenvalue weighted by Crippen LogP contribution is -2.04. The van der Waals surface area contributed by atoms with Gasteiger partial charge >= 0.3 is 0 Å². The van der Waals surface area contributed by atoms with Crippen LogP contribution in [-0.2, 0) is 6.54 Å². The minimum Gasteiger partial charge on any atom is -0.298 e. The van der Waals surface area contributed by atoms with Crippen LogP contribution < -0.4 is 0 Å². The van der Waals surface area contributed by atoms with Crippen LogP contribution in [0, 0.1) is 13.8 Å². The van der Waals surface area contributed by atoms with E-state index in [1.165, 1.54) is 0 Å². The second kappa shape index (κ2) is 4.72. The molecule has 0 atom stereocenters. The van der Waals surface area contributed by atoms with Crippen molar-refractivity contribution in [3.63, 3.8) is 0 Å². The molecule has 0 spiro atoms. The second-order valence-corrected chi connectivity index (χ2v) is 4.43. The van der Waals surface area contributed by atoms with Gasteiger partial charge in [-0.25, -0.2) is 0 Å². The fourth-order valence-corrected chi connectivity index (χ4v) is 2.06.